The van der Waals surface area contributed by atoms with Crippen molar-refractivity contribution in [2.24, 2.45) is 5.92 Å². The van der Waals surface area contributed by atoms with E-state index in [0.29, 0.717) is 5.92 Å². The Labute approximate surface area is 108 Å². The van der Waals surface area contributed by atoms with Crippen LogP contribution in [0.5, 0.6) is 0 Å². The van der Waals surface area contributed by atoms with Gasteiger partial charge >= 0.3 is 0 Å². The molecule has 1 aliphatic rings. The Morgan fingerprint density at radius 2 is 2.00 bits per heavy atom. The third kappa shape index (κ3) is 2.70. The van der Waals surface area contributed by atoms with E-state index in [9.17, 15) is 10.1 Å². The summed E-state index contributed by atoms with van der Waals surface area (Å²) < 4.78 is 0. The van der Waals surface area contributed by atoms with Crippen LogP contribution >= 0.6 is 0 Å². The van der Waals surface area contributed by atoms with E-state index in [0.717, 1.165) is 18.4 Å². The van der Waals surface area contributed by atoms with Crippen molar-refractivity contribution in [1.29, 1.82) is 5.26 Å². The van der Waals surface area contributed by atoms with Crippen LogP contribution < -0.4 is 5.32 Å². The van der Waals surface area contributed by atoms with Gasteiger partial charge in [0, 0.05) is 5.54 Å². The number of carbonyl (C=O) groups is 1. The number of rotatable bonds is 4. The maximum Gasteiger partial charge on any atom is 0.242 e. The molecule has 0 aliphatic heterocycles. The molecule has 1 aromatic rings. The summed E-state index contributed by atoms with van der Waals surface area (Å²) in [5.41, 5.74) is 0.546. The lowest BCUT2D eigenvalue weighted by atomic mass is 9.94. The normalized spacial score (nSPS) is 16.7. The highest BCUT2D eigenvalue weighted by Crippen LogP contribution is 2.39. The van der Waals surface area contributed by atoms with E-state index in [2.05, 4.69) is 11.4 Å². The molecule has 1 aromatic carbocycles. The summed E-state index contributed by atoms with van der Waals surface area (Å²) in [6.45, 7) is 4.06. The van der Waals surface area contributed by atoms with Crippen LogP contribution in [0.4, 0.5) is 0 Å². The first kappa shape index (κ1) is 12.6. The molecular weight excluding hydrogens is 224 g/mol. The van der Waals surface area contributed by atoms with Crippen molar-refractivity contribution in [2.75, 3.05) is 0 Å². The van der Waals surface area contributed by atoms with E-state index in [4.69, 9.17) is 0 Å². The highest BCUT2D eigenvalue weighted by Gasteiger charge is 2.39. The summed E-state index contributed by atoms with van der Waals surface area (Å²) in [5, 5.41) is 12.2. The molecule has 1 amide bonds. The second-order valence-electron chi connectivity index (χ2n) is 5.46. The largest absolute Gasteiger partial charge is 0.350 e. The minimum atomic E-state index is -0.718. The SMILES string of the molecule is CC(C)(NC(=O)C(C#N)c1ccccc1)C1CC1. The maximum atomic E-state index is 12.2. The van der Waals surface area contributed by atoms with Gasteiger partial charge in [-0.2, -0.15) is 5.26 Å². The fourth-order valence-electron chi connectivity index (χ4n) is 2.23. The Hall–Kier alpha value is -1.82. The van der Waals surface area contributed by atoms with Gasteiger partial charge in [0.15, 0.2) is 0 Å². The minimum absolute atomic E-state index is 0.194. The van der Waals surface area contributed by atoms with Crippen LogP contribution in [0.25, 0.3) is 0 Å². The van der Waals surface area contributed by atoms with Gasteiger partial charge in [-0.1, -0.05) is 30.3 Å². The van der Waals surface area contributed by atoms with E-state index in [-0.39, 0.29) is 11.4 Å². The second-order valence-corrected chi connectivity index (χ2v) is 5.46. The molecule has 18 heavy (non-hydrogen) atoms. The van der Waals surface area contributed by atoms with Crippen LogP contribution in [0.15, 0.2) is 30.3 Å². The lowest BCUT2D eigenvalue weighted by molar-refractivity contribution is -0.123. The zero-order valence-corrected chi connectivity index (χ0v) is 10.8. The van der Waals surface area contributed by atoms with Crippen molar-refractivity contribution in [3.05, 3.63) is 35.9 Å². The molecular formula is C15H18N2O. The Kier molecular flexibility index (Phi) is 3.38. The summed E-state index contributed by atoms with van der Waals surface area (Å²) >= 11 is 0. The maximum absolute atomic E-state index is 12.2. The molecule has 1 saturated carbocycles. The van der Waals surface area contributed by atoms with E-state index >= 15 is 0 Å². The van der Waals surface area contributed by atoms with Crippen molar-refractivity contribution in [1.82, 2.24) is 5.32 Å². The fraction of sp³-hybridized carbons (Fsp3) is 0.467. The monoisotopic (exact) mass is 242 g/mol. The van der Waals surface area contributed by atoms with Crippen LogP contribution in [-0.2, 0) is 4.79 Å². The zero-order chi connectivity index (χ0) is 13.2. The van der Waals surface area contributed by atoms with Crippen molar-refractivity contribution in [2.45, 2.75) is 38.1 Å². The smallest absolute Gasteiger partial charge is 0.242 e. The molecule has 0 saturated heterocycles. The van der Waals surface area contributed by atoms with E-state index in [1.54, 1.807) is 0 Å². The molecule has 1 N–H and O–H groups in total. The van der Waals surface area contributed by atoms with Crippen molar-refractivity contribution in [3.63, 3.8) is 0 Å². The van der Waals surface area contributed by atoms with Crippen LogP contribution in [0, 0.1) is 17.2 Å². The molecule has 0 radical (unpaired) electrons. The van der Waals surface area contributed by atoms with Crippen LogP contribution in [-0.4, -0.2) is 11.4 Å². The van der Waals surface area contributed by atoms with Gasteiger partial charge in [-0.15, -0.1) is 0 Å². The molecule has 0 heterocycles. The molecule has 1 atom stereocenters. The Morgan fingerprint density at radius 3 is 2.50 bits per heavy atom. The predicted molar refractivity (Wildman–Crippen MR) is 69.7 cm³/mol. The predicted octanol–water partition coefficient (Wildman–Crippen LogP) is 2.60. The molecule has 0 bridgehead atoms. The van der Waals surface area contributed by atoms with Gasteiger partial charge < -0.3 is 5.32 Å². The zero-order valence-electron chi connectivity index (χ0n) is 10.8. The number of nitrogens with zero attached hydrogens (tertiary/aromatic N) is 1. The van der Waals surface area contributed by atoms with Crippen molar-refractivity contribution < 1.29 is 4.79 Å². The number of hydrogen-bond acceptors (Lipinski definition) is 2. The molecule has 3 nitrogen and oxygen atoms in total. The number of benzene rings is 1. The van der Waals surface area contributed by atoms with Gasteiger partial charge in [0.05, 0.1) is 6.07 Å². The molecule has 1 aliphatic carbocycles. The second kappa shape index (κ2) is 4.81. The molecule has 2 rings (SSSR count). The number of nitriles is 1. The average molecular weight is 242 g/mol. The molecule has 1 fully saturated rings. The van der Waals surface area contributed by atoms with Gasteiger partial charge in [-0.3, -0.25) is 4.79 Å². The first-order chi connectivity index (χ1) is 8.54. The summed E-state index contributed by atoms with van der Waals surface area (Å²) in [5.74, 6) is -0.360. The summed E-state index contributed by atoms with van der Waals surface area (Å²) in [7, 11) is 0. The highest BCUT2D eigenvalue weighted by molar-refractivity contribution is 5.87. The van der Waals surface area contributed by atoms with E-state index in [1.807, 2.05) is 44.2 Å². The number of nitrogens with one attached hydrogen (secondary N) is 1. The fourth-order valence-corrected chi connectivity index (χ4v) is 2.23. The van der Waals surface area contributed by atoms with E-state index < -0.39 is 5.92 Å². The lowest BCUT2D eigenvalue weighted by Crippen LogP contribution is -2.47. The highest BCUT2D eigenvalue weighted by atomic mass is 16.2. The van der Waals surface area contributed by atoms with E-state index in [1.165, 1.54) is 0 Å². The van der Waals surface area contributed by atoms with Crippen LogP contribution in [0.1, 0.15) is 38.2 Å². The van der Waals surface area contributed by atoms with Gasteiger partial charge in [0.2, 0.25) is 5.91 Å². The van der Waals surface area contributed by atoms with Crippen molar-refractivity contribution in [3.8, 4) is 6.07 Å². The lowest BCUT2D eigenvalue weighted by Gasteiger charge is -2.27. The van der Waals surface area contributed by atoms with Crippen molar-refractivity contribution >= 4 is 5.91 Å². The standard InChI is InChI=1S/C15H18N2O/c1-15(2,12-8-9-12)17-14(18)13(10-16)11-6-4-3-5-7-11/h3-7,12-13H,8-9H2,1-2H3,(H,17,18). The number of carbonyl (C=O) groups excluding carboxylic acids is 1. The van der Waals surface area contributed by atoms with Gasteiger partial charge in [-0.05, 0) is 38.2 Å². The van der Waals surface area contributed by atoms with Gasteiger partial charge in [0.1, 0.15) is 5.92 Å². The van der Waals surface area contributed by atoms with Gasteiger partial charge in [0.25, 0.3) is 0 Å². The summed E-state index contributed by atoms with van der Waals surface area (Å²) in [6, 6.07) is 11.3. The first-order valence-corrected chi connectivity index (χ1v) is 6.31. The van der Waals surface area contributed by atoms with Gasteiger partial charge in [-0.25, -0.2) is 0 Å². The molecule has 3 heteroatoms. The molecule has 94 valence electrons. The molecule has 0 aromatic heterocycles. The van der Waals surface area contributed by atoms with Crippen LogP contribution in [0.3, 0.4) is 0 Å². The topological polar surface area (TPSA) is 52.9 Å². The number of amides is 1. The Bertz CT molecular complexity index is 469. The third-order valence-electron chi connectivity index (χ3n) is 3.57. The average Bonchev–Trinajstić information content (AvgIpc) is 3.14. The number of hydrogen-bond donors (Lipinski definition) is 1. The quantitative estimate of drug-likeness (QED) is 0.882. The van der Waals surface area contributed by atoms with Crippen LogP contribution in [0.2, 0.25) is 0 Å². The molecule has 1 unspecified atom stereocenters. The third-order valence-corrected chi connectivity index (χ3v) is 3.57. The summed E-state index contributed by atoms with van der Waals surface area (Å²) in [6.07, 6.45) is 2.33. The Balaban J connectivity index is 2.09. The first-order valence-electron chi connectivity index (χ1n) is 6.31. The molecule has 0 spiro atoms. The summed E-state index contributed by atoms with van der Waals surface area (Å²) in [4.78, 5) is 12.2. The minimum Gasteiger partial charge on any atom is -0.350 e. The Morgan fingerprint density at radius 1 is 1.39 bits per heavy atom.